The number of fused-ring (bicyclic) bond motifs is 1. The highest BCUT2D eigenvalue weighted by atomic mass is 16.5. The van der Waals surface area contributed by atoms with Gasteiger partial charge in [-0.2, -0.15) is 0 Å². The van der Waals surface area contributed by atoms with Crippen molar-refractivity contribution in [1.82, 2.24) is 14.7 Å². The van der Waals surface area contributed by atoms with Gasteiger partial charge in [0.2, 0.25) is 5.91 Å². The Kier molecular flexibility index (Phi) is 3.75. The van der Waals surface area contributed by atoms with Gasteiger partial charge in [-0.15, -0.1) is 0 Å². The van der Waals surface area contributed by atoms with Crippen molar-refractivity contribution in [3.8, 4) is 0 Å². The number of carbonyl (C=O) groups excluding carboxylic acids is 3. The molecule has 0 aromatic rings. The second-order valence-electron chi connectivity index (χ2n) is 5.07. The minimum absolute atomic E-state index is 0.00273. The molecule has 2 aliphatic rings. The normalized spacial score (nSPS) is 23.4. The average Bonchev–Trinajstić information content (AvgIpc) is 2.61. The molecule has 7 nitrogen and oxygen atoms in total. The first-order chi connectivity index (χ1) is 8.97. The highest BCUT2D eigenvalue weighted by Crippen LogP contribution is 2.23. The van der Waals surface area contributed by atoms with Gasteiger partial charge in [-0.1, -0.05) is 0 Å². The van der Waals surface area contributed by atoms with E-state index in [0.29, 0.717) is 13.1 Å². The molecule has 0 aromatic heterocycles. The van der Waals surface area contributed by atoms with Gasteiger partial charge in [0.05, 0.1) is 6.54 Å². The van der Waals surface area contributed by atoms with Crippen molar-refractivity contribution >= 4 is 17.8 Å². The molecule has 0 spiro atoms. The third-order valence-corrected chi connectivity index (χ3v) is 3.49. The van der Waals surface area contributed by atoms with Gasteiger partial charge in [0.1, 0.15) is 12.6 Å². The predicted molar refractivity (Wildman–Crippen MR) is 66.3 cm³/mol. The van der Waals surface area contributed by atoms with Crippen LogP contribution in [0, 0.1) is 0 Å². The number of imide groups is 1. The van der Waals surface area contributed by atoms with Crippen molar-refractivity contribution in [2.75, 3.05) is 33.4 Å². The van der Waals surface area contributed by atoms with E-state index in [4.69, 9.17) is 4.74 Å². The molecule has 2 aliphatic heterocycles. The van der Waals surface area contributed by atoms with Gasteiger partial charge in [0, 0.05) is 26.2 Å². The molecule has 0 unspecified atom stereocenters. The summed E-state index contributed by atoms with van der Waals surface area (Å²) in [7, 11) is 1.46. The Bertz CT molecular complexity index is 410. The van der Waals surface area contributed by atoms with Gasteiger partial charge in [-0.25, -0.2) is 4.79 Å². The second-order valence-corrected chi connectivity index (χ2v) is 5.07. The van der Waals surface area contributed by atoms with E-state index in [2.05, 4.69) is 0 Å². The van der Waals surface area contributed by atoms with Gasteiger partial charge in [-0.05, 0) is 13.8 Å². The summed E-state index contributed by atoms with van der Waals surface area (Å²) in [5.41, 5.74) is 0. The van der Waals surface area contributed by atoms with Crippen molar-refractivity contribution in [3.05, 3.63) is 0 Å². The zero-order valence-electron chi connectivity index (χ0n) is 11.5. The summed E-state index contributed by atoms with van der Waals surface area (Å²) in [4.78, 5) is 40.5. The lowest BCUT2D eigenvalue weighted by Crippen LogP contribution is -2.55. The Morgan fingerprint density at radius 1 is 1.37 bits per heavy atom. The van der Waals surface area contributed by atoms with Crippen LogP contribution in [-0.2, 0) is 14.3 Å². The molecular formula is C12H19N3O4. The topological polar surface area (TPSA) is 70.2 Å². The van der Waals surface area contributed by atoms with Crippen LogP contribution in [0.1, 0.15) is 13.8 Å². The molecule has 2 heterocycles. The van der Waals surface area contributed by atoms with Gasteiger partial charge < -0.3 is 14.5 Å². The van der Waals surface area contributed by atoms with Gasteiger partial charge in [0.15, 0.2) is 0 Å². The fourth-order valence-corrected chi connectivity index (χ4v) is 2.53. The zero-order valence-corrected chi connectivity index (χ0v) is 11.5. The van der Waals surface area contributed by atoms with Gasteiger partial charge in [-0.3, -0.25) is 14.5 Å². The van der Waals surface area contributed by atoms with Crippen molar-refractivity contribution in [2.45, 2.75) is 25.9 Å². The average molecular weight is 269 g/mol. The van der Waals surface area contributed by atoms with E-state index in [9.17, 15) is 14.4 Å². The summed E-state index contributed by atoms with van der Waals surface area (Å²) >= 11 is 0. The molecule has 0 bridgehead atoms. The van der Waals surface area contributed by atoms with Crippen LogP contribution in [0.25, 0.3) is 0 Å². The van der Waals surface area contributed by atoms with Crippen LogP contribution >= 0.6 is 0 Å². The number of ether oxygens (including phenoxy) is 1. The Morgan fingerprint density at radius 2 is 2.05 bits per heavy atom. The van der Waals surface area contributed by atoms with E-state index in [1.165, 1.54) is 12.0 Å². The SMILES string of the molecule is COCC(=O)N1CCN2C(=O)N(C(C)C)C(=O)[C@H]2C1. The number of urea groups is 1. The predicted octanol–water partition coefficient (Wildman–Crippen LogP) is -0.484. The zero-order chi connectivity index (χ0) is 14.2. The molecule has 1 atom stereocenters. The third-order valence-electron chi connectivity index (χ3n) is 3.49. The molecule has 0 radical (unpaired) electrons. The van der Waals surface area contributed by atoms with Gasteiger partial charge in [0.25, 0.3) is 5.91 Å². The molecule has 7 heteroatoms. The number of nitrogens with zero attached hydrogens (tertiary/aromatic N) is 3. The molecule has 19 heavy (non-hydrogen) atoms. The summed E-state index contributed by atoms with van der Waals surface area (Å²) in [6.07, 6.45) is 0. The highest BCUT2D eigenvalue weighted by molar-refractivity contribution is 6.05. The van der Waals surface area contributed by atoms with Crippen LogP contribution in [0.5, 0.6) is 0 Å². The fraction of sp³-hybridized carbons (Fsp3) is 0.750. The second kappa shape index (κ2) is 5.16. The van der Waals surface area contributed by atoms with E-state index in [1.807, 2.05) is 13.8 Å². The summed E-state index contributed by atoms with van der Waals surface area (Å²) in [5.74, 6) is -0.361. The monoisotopic (exact) mass is 269 g/mol. The van der Waals surface area contributed by atoms with Crippen molar-refractivity contribution < 1.29 is 19.1 Å². The third kappa shape index (κ3) is 2.30. The maximum absolute atomic E-state index is 12.2. The van der Waals surface area contributed by atoms with Crippen LogP contribution in [-0.4, -0.2) is 78.0 Å². The molecular weight excluding hydrogens is 250 g/mol. The van der Waals surface area contributed by atoms with Crippen LogP contribution in [0.2, 0.25) is 0 Å². The molecule has 4 amide bonds. The molecule has 0 aliphatic carbocycles. The summed E-state index contributed by atoms with van der Waals surface area (Å²) in [6, 6.07) is -0.943. The number of hydrogen-bond donors (Lipinski definition) is 0. The molecule has 106 valence electrons. The molecule has 0 aromatic carbocycles. The highest BCUT2D eigenvalue weighted by Gasteiger charge is 2.48. The quantitative estimate of drug-likeness (QED) is 0.649. The summed E-state index contributed by atoms with van der Waals surface area (Å²) in [6.45, 7) is 4.72. The first kappa shape index (κ1) is 13.8. The van der Waals surface area contributed by atoms with E-state index >= 15 is 0 Å². The molecule has 0 saturated carbocycles. The van der Waals surface area contributed by atoms with E-state index in [0.717, 1.165) is 0 Å². The number of piperazine rings is 1. The molecule has 2 rings (SSSR count). The Balaban J connectivity index is 2.11. The Labute approximate surface area is 112 Å². The molecule has 2 saturated heterocycles. The summed E-state index contributed by atoms with van der Waals surface area (Å²) in [5, 5.41) is 0. The van der Waals surface area contributed by atoms with Crippen molar-refractivity contribution in [2.24, 2.45) is 0 Å². The number of hydrogen-bond acceptors (Lipinski definition) is 4. The van der Waals surface area contributed by atoms with Gasteiger partial charge >= 0.3 is 6.03 Å². The maximum Gasteiger partial charge on any atom is 0.327 e. The fourth-order valence-electron chi connectivity index (χ4n) is 2.53. The number of carbonyl (C=O) groups is 3. The van der Waals surface area contributed by atoms with E-state index in [1.54, 1.807) is 9.80 Å². The lowest BCUT2D eigenvalue weighted by Gasteiger charge is -2.35. The minimum Gasteiger partial charge on any atom is -0.375 e. The number of amides is 4. The molecule has 2 fully saturated rings. The lowest BCUT2D eigenvalue weighted by atomic mass is 10.2. The Hall–Kier alpha value is -1.63. The largest absolute Gasteiger partial charge is 0.375 e. The van der Waals surface area contributed by atoms with Crippen molar-refractivity contribution in [1.29, 1.82) is 0 Å². The Morgan fingerprint density at radius 3 is 2.63 bits per heavy atom. The van der Waals surface area contributed by atoms with E-state index < -0.39 is 6.04 Å². The van der Waals surface area contributed by atoms with E-state index in [-0.39, 0.29) is 37.0 Å². The van der Waals surface area contributed by atoms with Crippen LogP contribution in [0.15, 0.2) is 0 Å². The maximum atomic E-state index is 12.2. The standard InChI is InChI=1S/C12H19N3O4/c1-8(2)15-11(17)9-6-13(10(16)7-19-3)4-5-14(9)12(15)18/h8-9H,4-7H2,1-3H3/t9-/m1/s1. The minimum atomic E-state index is -0.538. The lowest BCUT2D eigenvalue weighted by molar-refractivity contribution is -0.139. The van der Waals surface area contributed by atoms with Crippen LogP contribution in [0.4, 0.5) is 4.79 Å². The van der Waals surface area contributed by atoms with Crippen LogP contribution < -0.4 is 0 Å². The smallest absolute Gasteiger partial charge is 0.327 e. The number of methoxy groups -OCH3 is 1. The first-order valence-electron chi connectivity index (χ1n) is 6.37. The van der Waals surface area contributed by atoms with Crippen LogP contribution in [0.3, 0.4) is 0 Å². The first-order valence-corrected chi connectivity index (χ1v) is 6.37. The van der Waals surface area contributed by atoms with Crippen molar-refractivity contribution in [3.63, 3.8) is 0 Å². The summed E-state index contributed by atoms with van der Waals surface area (Å²) < 4.78 is 4.81. The number of rotatable bonds is 3. The molecule has 0 N–H and O–H groups in total.